The van der Waals surface area contributed by atoms with E-state index in [1.54, 1.807) is 6.20 Å². The van der Waals surface area contributed by atoms with Gasteiger partial charge in [-0.25, -0.2) is 4.98 Å². The van der Waals surface area contributed by atoms with E-state index in [1.807, 2.05) is 35.4 Å². The number of benzene rings is 1. The molecule has 0 spiro atoms. The second-order valence-electron chi connectivity index (χ2n) is 4.82. The van der Waals surface area contributed by atoms with E-state index in [9.17, 15) is 4.79 Å². The zero-order valence-electron chi connectivity index (χ0n) is 11.6. The van der Waals surface area contributed by atoms with Crippen molar-refractivity contribution in [2.45, 2.75) is 13.1 Å². The molecule has 0 saturated heterocycles. The van der Waals surface area contributed by atoms with E-state index >= 15 is 0 Å². The standard InChI is InChI=1S/C16H16N4O/c17-7-3-5-13-4-1-2-6-14(13)16(21)20-11-10-19-9-8-18-15(19)12-20/h1-2,4,6,8-9H,7,10-12,17H2. The molecule has 106 valence electrons. The van der Waals surface area contributed by atoms with Crippen LogP contribution in [0.3, 0.4) is 0 Å². The number of rotatable bonds is 1. The van der Waals surface area contributed by atoms with Crippen LogP contribution in [0.25, 0.3) is 0 Å². The van der Waals surface area contributed by atoms with E-state index in [-0.39, 0.29) is 12.5 Å². The zero-order chi connectivity index (χ0) is 14.7. The first-order valence-electron chi connectivity index (χ1n) is 6.87. The highest BCUT2D eigenvalue weighted by atomic mass is 16.2. The van der Waals surface area contributed by atoms with Crippen molar-refractivity contribution in [1.82, 2.24) is 14.5 Å². The number of hydrogen-bond donors (Lipinski definition) is 1. The highest BCUT2D eigenvalue weighted by molar-refractivity contribution is 5.96. The minimum atomic E-state index is -0.00817. The van der Waals surface area contributed by atoms with Gasteiger partial charge >= 0.3 is 0 Å². The Bertz CT molecular complexity index is 723. The van der Waals surface area contributed by atoms with Crippen LogP contribution in [0.15, 0.2) is 36.7 Å². The molecule has 5 heteroatoms. The van der Waals surface area contributed by atoms with Crippen LogP contribution in [0.4, 0.5) is 0 Å². The Morgan fingerprint density at radius 3 is 3.05 bits per heavy atom. The summed E-state index contributed by atoms with van der Waals surface area (Å²) in [6.45, 7) is 2.27. The van der Waals surface area contributed by atoms with Crippen molar-refractivity contribution in [2.24, 2.45) is 5.73 Å². The Kier molecular flexibility index (Phi) is 3.71. The van der Waals surface area contributed by atoms with Gasteiger partial charge in [-0.15, -0.1) is 0 Å². The summed E-state index contributed by atoms with van der Waals surface area (Å²) < 4.78 is 2.07. The lowest BCUT2D eigenvalue weighted by Crippen LogP contribution is -2.38. The van der Waals surface area contributed by atoms with Crippen LogP contribution >= 0.6 is 0 Å². The lowest BCUT2D eigenvalue weighted by Gasteiger charge is -2.28. The number of fused-ring (bicyclic) bond motifs is 1. The van der Waals surface area contributed by atoms with Gasteiger partial charge in [0.2, 0.25) is 0 Å². The number of nitrogens with zero attached hydrogens (tertiary/aromatic N) is 3. The molecule has 0 saturated carbocycles. The summed E-state index contributed by atoms with van der Waals surface area (Å²) in [5.74, 6) is 6.68. The molecule has 5 nitrogen and oxygen atoms in total. The van der Waals surface area contributed by atoms with Gasteiger partial charge in [-0.1, -0.05) is 24.0 Å². The predicted octanol–water partition coefficient (Wildman–Crippen LogP) is 0.849. The average Bonchev–Trinajstić information content (AvgIpc) is 3.00. The molecule has 0 atom stereocenters. The van der Waals surface area contributed by atoms with Crippen molar-refractivity contribution in [3.63, 3.8) is 0 Å². The fourth-order valence-corrected chi connectivity index (χ4v) is 2.44. The van der Waals surface area contributed by atoms with Gasteiger partial charge in [0, 0.05) is 31.0 Å². The highest BCUT2D eigenvalue weighted by Crippen LogP contribution is 2.16. The van der Waals surface area contributed by atoms with E-state index in [1.165, 1.54) is 0 Å². The van der Waals surface area contributed by atoms with E-state index < -0.39 is 0 Å². The minimum absolute atomic E-state index is 0.00817. The maximum atomic E-state index is 12.7. The molecule has 0 unspecified atom stereocenters. The van der Waals surface area contributed by atoms with Crippen molar-refractivity contribution in [2.75, 3.05) is 13.1 Å². The molecule has 0 bridgehead atoms. The topological polar surface area (TPSA) is 64.2 Å². The number of carbonyl (C=O) groups is 1. The van der Waals surface area contributed by atoms with Crippen LogP contribution in [0.5, 0.6) is 0 Å². The van der Waals surface area contributed by atoms with Crippen LogP contribution in [-0.4, -0.2) is 33.4 Å². The summed E-state index contributed by atoms with van der Waals surface area (Å²) >= 11 is 0. The van der Waals surface area contributed by atoms with E-state index in [2.05, 4.69) is 21.4 Å². The number of carbonyl (C=O) groups excluding carboxylic acids is 1. The lowest BCUT2D eigenvalue weighted by molar-refractivity contribution is 0.0707. The van der Waals surface area contributed by atoms with Crippen LogP contribution < -0.4 is 5.73 Å². The van der Waals surface area contributed by atoms with Gasteiger partial charge in [-0.3, -0.25) is 4.79 Å². The molecular formula is C16H16N4O. The molecule has 1 aliphatic rings. The van der Waals surface area contributed by atoms with Crippen molar-refractivity contribution >= 4 is 5.91 Å². The molecule has 21 heavy (non-hydrogen) atoms. The summed E-state index contributed by atoms with van der Waals surface area (Å²) in [6.07, 6.45) is 3.71. The van der Waals surface area contributed by atoms with Crippen molar-refractivity contribution in [3.8, 4) is 11.8 Å². The predicted molar refractivity (Wildman–Crippen MR) is 79.3 cm³/mol. The maximum Gasteiger partial charge on any atom is 0.255 e. The Labute approximate surface area is 123 Å². The summed E-state index contributed by atoms with van der Waals surface area (Å²) in [5, 5.41) is 0. The second kappa shape index (κ2) is 5.81. The molecule has 1 aromatic carbocycles. The first kappa shape index (κ1) is 13.4. The molecular weight excluding hydrogens is 264 g/mol. The van der Waals surface area contributed by atoms with Crippen LogP contribution in [0.1, 0.15) is 21.7 Å². The quantitative estimate of drug-likeness (QED) is 0.788. The normalized spacial score (nSPS) is 13.3. The third-order valence-corrected chi connectivity index (χ3v) is 3.51. The number of aromatic nitrogens is 2. The number of nitrogens with two attached hydrogens (primary N) is 1. The highest BCUT2D eigenvalue weighted by Gasteiger charge is 2.23. The Balaban J connectivity index is 1.86. The molecule has 3 rings (SSSR count). The maximum absolute atomic E-state index is 12.7. The largest absolute Gasteiger partial charge is 0.332 e. The van der Waals surface area contributed by atoms with E-state index in [0.29, 0.717) is 18.7 Å². The number of hydrogen-bond acceptors (Lipinski definition) is 3. The second-order valence-corrected chi connectivity index (χ2v) is 4.82. The minimum Gasteiger partial charge on any atom is -0.332 e. The molecule has 1 aliphatic heterocycles. The van der Waals surface area contributed by atoms with Gasteiger partial charge in [0.25, 0.3) is 5.91 Å². The number of imidazole rings is 1. The average molecular weight is 280 g/mol. The van der Waals surface area contributed by atoms with E-state index in [0.717, 1.165) is 17.9 Å². The van der Waals surface area contributed by atoms with Gasteiger partial charge in [0.1, 0.15) is 5.82 Å². The molecule has 1 amide bonds. The van der Waals surface area contributed by atoms with Gasteiger partial charge in [0.05, 0.1) is 18.7 Å². The summed E-state index contributed by atoms with van der Waals surface area (Å²) in [6, 6.07) is 7.39. The Morgan fingerprint density at radius 1 is 1.33 bits per heavy atom. The molecule has 0 aliphatic carbocycles. The molecule has 2 heterocycles. The van der Waals surface area contributed by atoms with E-state index in [4.69, 9.17) is 5.73 Å². The summed E-state index contributed by atoms with van der Waals surface area (Å²) in [5.41, 5.74) is 6.75. The lowest BCUT2D eigenvalue weighted by atomic mass is 10.1. The van der Waals surface area contributed by atoms with Crippen molar-refractivity contribution < 1.29 is 4.79 Å². The first-order valence-corrected chi connectivity index (χ1v) is 6.87. The Morgan fingerprint density at radius 2 is 2.19 bits per heavy atom. The molecule has 2 aromatic rings. The smallest absolute Gasteiger partial charge is 0.255 e. The van der Waals surface area contributed by atoms with Crippen LogP contribution in [-0.2, 0) is 13.1 Å². The van der Waals surface area contributed by atoms with Gasteiger partial charge in [0.15, 0.2) is 0 Å². The SMILES string of the molecule is NCC#Cc1ccccc1C(=O)N1CCn2ccnc2C1. The van der Waals surface area contributed by atoms with Crippen molar-refractivity contribution in [3.05, 3.63) is 53.6 Å². The fraction of sp³-hybridized carbons (Fsp3) is 0.250. The monoisotopic (exact) mass is 280 g/mol. The van der Waals surface area contributed by atoms with Crippen molar-refractivity contribution in [1.29, 1.82) is 0 Å². The van der Waals surface area contributed by atoms with Gasteiger partial charge in [-0.05, 0) is 12.1 Å². The summed E-state index contributed by atoms with van der Waals surface area (Å²) in [7, 11) is 0. The summed E-state index contributed by atoms with van der Waals surface area (Å²) in [4.78, 5) is 18.8. The Hall–Kier alpha value is -2.58. The van der Waals surface area contributed by atoms with Crippen LogP contribution in [0, 0.1) is 11.8 Å². The molecule has 0 fully saturated rings. The first-order chi connectivity index (χ1) is 10.3. The number of amides is 1. The third kappa shape index (κ3) is 2.67. The van der Waals surface area contributed by atoms with Gasteiger partial charge < -0.3 is 15.2 Å². The molecule has 2 N–H and O–H groups in total. The van der Waals surface area contributed by atoms with Crippen LogP contribution in [0.2, 0.25) is 0 Å². The molecule has 0 radical (unpaired) electrons. The zero-order valence-corrected chi connectivity index (χ0v) is 11.6. The van der Waals surface area contributed by atoms with Gasteiger partial charge in [-0.2, -0.15) is 0 Å². The molecule has 1 aromatic heterocycles. The fourth-order valence-electron chi connectivity index (χ4n) is 2.44. The third-order valence-electron chi connectivity index (χ3n) is 3.51.